The number of hydrogen-bond acceptors (Lipinski definition) is 4. The summed E-state index contributed by atoms with van der Waals surface area (Å²) in [5, 5.41) is 3.02. The SMILES string of the molecule is CC(=O)CCNc1ncc(-c2cccc(C)c2)cn1. The highest BCUT2D eigenvalue weighted by atomic mass is 16.1. The largest absolute Gasteiger partial charge is 0.354 e. The molecule has 98 valence electrons. The van der Waals surface area contributed by atoms with Crippen molar-refractivity contribution in [1.82, 2.24) is 9.97 Å². The molecule has 0 spiro atoms. The topological polar surface area (TPSA) is 54.9 Å². The van der Waals surface area contributed by atoms with E-state index >= 15 is 0 Å². The van der Waals surface area contributed by atoms with E-state index in [-0.39, 0.29) is 5.78 Å². The lowest BCUT2D eigenvalue weighted by atomic mass is 10.1. The molecule has 0 fully saturated rings. The summed E-state index contributed by atoms with van der Waals surface area (Å²) < 4.78 is 0. The molecular formula is C15H17N3O. The Morgan fingerprint density at radius 1 is 1.21 bits per heavy atom. The van der Waals surface area contributed by atoms with Crippen molar-refractivity contribution in [3.8, 4) is 11.1 Å². The molecule has 1 aromatic heterocycles. The van der Waals surface area contributed by atoms with E-state index in [2.05, 4.69) is 34.3 Å². The molecule has 0 saturated heterocycles. The van der Waals surface area contributed by atoms with Gasteiger partial charge in [-0.15, -0.1) is 0 Å². The van der Waals surface area contributed by atoms with E-state index in [1.54, 1.807) is 19.3 Å². The minimum Gasteiger partial charge on any atom is -0.354 e. The fraction of sp³-hybridized carbons (Fsp3) is 0.267. The number of carbonyl (C=O) groups is 1. The van der Waals surface area contributed by atoms with Crippen LogP contribution in [0.1, 0.15) is 18.9 Å². The van der Waals surface area contributed by atoms with Crippen LogP contribution < -0.4 is 5.32 Å². The molecule has 19 heavy (non-hydrogen) atoms. The second-order valence-electron chi connectivity index (χ2n) is 4.54. The highest BCUT2D eigenvalue weighted by Gasteiger charge is 2.01. The van der Waals surface area contributed by atoms with Gasteiger partial charge in [0.05, 0.1) is 0 Å². The first-order chi connectivity index (χ1) is 9.15. The van der Waals surface area contributed by atoms with Crippen molar-refractivity contribution in [1.29, 1.82) is 0 Å². The number of aryl methyl sites for hydroxylation is 1. The number of anilines is 1. The minimum atomic E-state index is 0.156. The Morgan fingerprint density at radius 3 is 2.58 bits per heavy atom. The summed E-state index contributed by atoms with van der Waals surface area (Å²) in [6.07, 6.45) is 4.07. The van der Waals surface area contributed by atoms with Gasteiger partial charge in [0.2, 0.25) is 5.95 Å². The highest BCUT2D eigenvalue weighted by molar-refractivity contribution is 5.75. The third-order valence-corrected chi connectivity index (χ3v) is 2.76. The molecule has 1 heterocycles. The van der Waals surface area contributed by atoms with Crippen molar-refractivity contribution in [3.05, 3.63) is 42.2 Å². The lowest BCUT2D eigenvalue weighted by Crippen LogP contribution is -2.08. The van der Waals surface area contributed by atoms with Crippen LogP contribution in [0.2, 0.25) is 0 Å². The van der Waals surface area contributed by atoms with Crippen molar-refractivity contribution in [2.75, 3.05) is 11.9 Å². The van der Waals surface area contributed by atoms with Crippen LogP contribution >= 0.6 is 0 Å². The summed E-state index contributed by atoms with van der Waals surface area (Å²) in [6.45, 7) is 4.20. The van der Waals surface area contributed by atoms with Gasteiger partial charge < -0.3 is 5.32 Å². The van der Waals surface area contributed by atoms with E-state index in [1.807, 2.05) is 12.1 Å². The molecule has 4 nitrogen and oxygen atoms in total. The van der Waals surface area contributed by atoms with Gasteiger partial charge in [0.1, 0.15) is 5.78 Å². The summed E-state index contributed by atoms with van der Waals surface area (Å²) in [5.74, 6) is 0.710. The number of nitrogens with zero attached hydrogens (tertiary/aromatic N) is 2. The highest BCUT2D eigenvalue weighted by Crippen LogP contribution is 2.18. The summed E-state index contributed by atoms with van der Waals surface area (Å²) in [6, 6.07) is 8.21. The van der Waals surface area contributed by atoms with Crippen LogP contribution in [0.5, 0.6) is 0 Å². The molecule has 0 radical (unpaired) electrons. The van der Waals surface area contributed by atoms with E-state index in [4.69, 9.17) is 0 Å². The van der Waals surface area contributed by atoms with Gasteiger partial charge >= 0.3 is 0 Å². The maximum atomic E-state index is 10.8. The molecule has 0 amide bonds. The smallest absolute Gasteiger partial charge is 0.222 e. The zero-order valence-corrected chi connectivity index (χ0v) is 11.2. The van der Waals surface area contributed by atoms with Crippen molar-refractivity contribution in [2.45, 2.75) is 20.3 Å². The number of ketones is 1. The van der Waals surface area contributed by atoms with Gasteiger partial charge in [0.15, 0.2) is 0 Å². The summed E-state index contributed by atoms with van der Waals surface area (Å²) in [5.41, 5.74) is 3.30. The zero-order valence-electron chi connectivity index (χ0n) is 11.2. The first-order valence-corrected chi connectivity index (χ1v) is 6.27. The number of benzene rings is 1. The third kappa shape index (κ3) is 3.88. The maximum absolute atomic E-state index is 10.8. The monoisotopic (exact) mass is 255 g/mol. The van der Waals surface area contributed by atoms with E-state index in [0.717, 1.165) is 11.1 Å². The van der Waals surface area contributed by atoms with Gasteiger partial charge in [-0.05, 0) is 19.4 Å². The van der Waals surface area contributed by atoms with Gasteiger partial charge in [0, 0.05) is 30.9 Å². The van der Waals surface area contributed by atoms with Gasteiger partial charge in [0.25, 0.3) is 0 Å². The number of hydrogen-bond donors (Lipinski definition) is 1. The molecule has 4 heteroatoms. The average molecular weight is 255 g/mol. The Bertz CT molecular complexity index is 564. The molecule has 2 aromatic rings. The van der Waals surface area contributed by atoms with E-state index in [9.17, 15) is 4.79 Å². The lowest BCUT2D eigenvalue weighted by Gasteiger charge is -2.05. The summed E-state index contributed by atoms with van der Waals surface area (Å²) in [7, 11) is 0. The normalized spacial score (nSPS) is 10.2. The Balaban J connectivity index is 2.04. The number of carbonyl (C=O) groups excluding carboxylic acids is 1. The molecular weight excluding hydrogens is 238 g/mol. The zero-order chi connectivity index (χ0) is 13.7. The van der Waals surface area contributed by atoms with Gasteiger partial charge in [-0.1, -0.05) is 29.8 Å². The molecule has 0 aliphatic carbocycles. The second-order valence-corrected chi connectivity index (χ2v) is 4.54. The number of rotatable bonds is 5. The molecule has 0 atom stereocenters. The Kier molecular flexibility index (Phi) is 4.23. The maximum Gasteiger partial charge on any atom is 0.222 e. The number of nitrogens with one attached hydrogen (secondary N) is 1. The van der Waals surface area contributed by atoms with Crippen molar-refractivity contribution >= 4 is 11.7 Å². The molecule has 0 aliphatic rings. The van der Waals surface area contributed by atoms with Crippen molar-refractivity contribution < 1.29 is 4.79 Å². The summed E-state index contributed by atoms with van der Waals surface area (Å²) >= 11 is 0. The van der Waals surface area contributed by atoms with E-state index < -0.39 is 0 Å². The number of Topliss-reactive ketones (excluding diaryl/α,β-unsaturated/α-hetero) is 1. The first kappa shape index (κ1) is 13.2. The molecule has 0 bridgehead atoms. The average Bonchev–Trinajstić information content (AvgIpc) is 2.39. The van der Waals surface area contributed by atoms with Gasteiger partial charge in [-0.3, -0.25) is 4.79 Å². The minimum absolute atomic E-state index is 0.156. The van der Waals surface area contributed by atoms with Gasteiger partial charge in [-0.2, -0.15) is 0 Å². The van der Waals surface area contributed by atoms with Crippen LogP contribution in [0.3, 0.4) is 0 Å². The van der Waals surface area contributed by atoms with Crippen LogP contribution in [0, 0.1) is 6.92 Å². The van der Waals surface area contributed by atoms with Crippen molar-refractivity contribution in [2.24, 2.45) is 0 Å². The number of aromatic nitrogens is 2. The van der Waals surface area contributed by atoms with E-state index in [0.29, 0.717) is 18.9 Å². The standard InChI is InChI=1S/C15H17N3O/c1-11-4-3-5-13(8-11)14-9-17-15(18-10-14)16-7-6-12(2)19/h3-5,8-10H,6-7H2,1-2H3,(H,16,17,18). The Labute approximate surface area is 112 Å². The van der Waals surface area contributed by atoms with E-state index in [1.165, 1.54) is 5.56 Å². The van der Waals surface area contributed by atoms with Crippen LogP contribution in [0.15, 0.2) is 36.7 Å². The third-order valence-electron chi connectivity index (χ3n) is 2.76. The van der Waals surface area contributed by atoms with Gasteiger partial charge in [-0.25, -0.2) is 9.97 Å². The molecule has 2 rings (SSSR count). The summed E-state index contributed by atoms with van der Waals surface area (Å²) in [4.78, 5) is 19.3. The molecule has 0 unspecified atom stereocenters. The van der Waals surface area contributed by atoms with Crippen LogP contribution in [-0.2, 0) is 4.79 Å². The fourth-order valence-electron chi connectivity index (χ4n) is 1.74. The lowest BCUT2D eigenvalue weighted by molar-refractivity contribution is -0.116. The predicted molar refractivity (Wildman–Crippen MR) is 76.0 cm³/mol. The molecule has 0 aliphatic heterocycles. The first-order valence-electron chi connectivity index (χ1n) is 6.27. The Hall–Kier alpha value is -2.23. The quantitative estimate of drug-likeness (QED) is 0.892. The van der Waals surface area contributed by atoms with Crippen molar-refractivity contribution in [3.63, 3.8) is 0 Å². The predicted octanol–water partition coefficient (Wildman–Crippen LogP) is 2.84. The Morgan fingerprint density at radius 2 is 1.95 bits per heavy atom. The van der Waals surface area contributed by atoms with Crippen LogP contribution in [0.4, 0.5) is 5.95 Å². The van der Waals surface area contributed by atoms with Crippen LogP contribution in [-0.4, -0.2) is 22.3 Å². The molecule has 1 N–H and O–H groups in total. The second kappa shape index (κ2) is 6.09. The van der Waals surface area contributed by atoms with Crippen LogP contribution in [0.25, 0.3) is 11.1 Å². The molecule has 0 saturated carbocycles. The molecule has 1 aromatic carbocycles. The fourth-order valence-corrected chi connectivity index (χ4v) is 1.74.